The van der Waals surface area contributed by atoms with Crippen LogP contribution in [0.1, 0.15) is 34.5 Å². The van der Waals surface area contributed by atoms with E-state index in [1.54, 1.807) is 25.3 Å². The molecule has 1 saturated heterocycles. The van der Waals surface area contributed by atoms with Crippen molar-refractivity contribution in [3.8, 4) is 0 Å². The zero-order valence-corrected chi connectivity index (χ0v) is 14.8. The lowest BCUT2D eigenvalue weighted by atomic mass is 9.96. The first kappa shape index (κ1) is 18.1. The molecule has 0 spiro atoms. The van der Waals surface area contributed by atoms with Gasteiger partial charge in [-0.25, -0.2) is 0 Å². The number of likely N-dealkylation sites (tertiary alicyclic amines) is 1. The summed E-state index contributed by atoms with van der Waals surface area (Å²) in [5.74, 6) is 1.14. The molecular weight excluding hydrogens is 334 g/mol. The number of carbonyl (C=O) groups is 1. The van der Waals surface area contributed by atoms with Crippen LogP contribution in [-0.2, 0) is 6.54 Å². The summed E-state index contributed by atoms with van der Waals surface area (Å²) in [6, 6.07) is 8.46. The van der Waals surface area contributed by atoms with E-state index in [4.69, 9.17) is 4.42 Å². The Labute approximate surface area is 152 Å². The number of hydrogen-bond acceptors (Lipinski definition) is 5. The number of aryl methyl sites for hydroxylation is 1. The van der Waals surface area contributed by atoms with Crippen LogP contribution in [0.5, 0.6) is 0 Å². The SMILES string of the molecule is Cc1ccc(C(=O)NCC2CCN(Cc3ccco3)CC2)cc1[N+](=O)[O-]. The maximum absolute atomic E-state index is 12.3. The predicted molar refractivity (Wildman–Crippen MR) is 96.9 cm³/mol. The van der Waals surface area contributed by atoms with E-state index in [1.165, 1.54) is 6.07 Å². The highest BCUT2D eigenvalue weighted by molar-refractivity contribution is 5.94. The summed E-state index contributed by atoms with van der Waals surface area (Å²) in [5.41, 5.74) is 0.858. The molecule has 1 amide bonds. The molecule has 0 unspecified atom stereocenters. The van der Waals surface area contributed by atoms with Gasteiger partial charge in [0.2, 0.25) is 0 Å². The molecule has 2 aromatic rings. The fourth-order valence-electron chi connectivity index (χ4n) is 3.26. The van der Waals surface area contributed by atoms with E-state index < -0.39 is 4.92 Å². The van der Waals surface area contributed by atoms with Gasteiger partial charge in [-0.05, 0) is 57.0 Å². The number of hydrogen-bond donors (Lipinski definition) is 1. The van der Waals surface area contributed by atoms with Crippen molar-refractivity contribution in [2.75, 3.05) is 19.6 Å². The molecule has 7 nitrogen and oxygen atoms in total. The molecule has 0 radical (unpaired) electrons. The quantitative estimate of drug-likeness (QED) is 0.634. The van der Waals surface area contributed by atoms with E-state index in [0.717, 1.165) is 38.2 Å². The molecule has 1 aromatic heterocycles. The van der Waals surface area contributed by atoms with Gasteiger partial charge in [0.25, 0.3) is 11.6 Å². The van der Waals surface area contributed by atoms with E-state index in [9.17, 15) is 14.9 Å². The normalized spacial score (nSPS) is 15.7. The lowest BCUT2D eigenvalue weighted by molar-refractivity contribution is -0.385. The molecule has 138 valence electrons. The minimum Gasteiger partial charge on any atom is -0.468 e. The maximum atomic E-state index is 12.3. The molecular formula is C19H23N3O4. The second-order valence-electron chi connectivity index (χ2n) is 6.77. The highest BCUT2D eigenvalue weighted by atomic mass is 16.6. The van der Waals surface area contributed by atoms with Crippen LogP contribution >= 0.6 is 0 Å². The van der Waals surface area contributed by atoms with Gasteiger partial charge in [-0.1, -0.05) is 6.07 Å². The van der Waals surface area contributed by atoms with Gasteiger partial charge in [-0.2, -0.15) is 0 Å². The molecule has 3 rings (SSSR count). The molecule has 2 heterocycles. The van der Waals surface area contributed by atoms with Crippen LogP contribution in [0.15, 0.2) is 41.0 Å². The lowest BCUT2D eigenvalue weighted by Gasteiger charge is -2.31. The Morgan fingerprint density at radius 2 is 2.12 bits per heavy atom. The third kappa shape index (κ3) is 4.49. The first-order valence-electron chi connectivity index (χ1n) is 8.81. The number of carbonyl (C=O) groups excluding carboxylic acids is 1. The minimum absolute atomic E-state index is 0.0242. The lowest BCUT2D eigenvalue weighted by Crippen LogP contribution is -2.38. The fourth-order valence-corrected chi connectivity index (χ4v) is 3.26. The number of rotatable bonds is 6. The van der Waals surface area contributed by atoms with Crippen molar-refractivity contribution in [2.45, 2.75) is 26.3 Å². The van der Waals surface area contributed by atoms with Crippen molar-refractivity contribution >= 4 is 11.6 Å². The third-order valence-electron chi connectivity index (χ3n) is 4.89. The van der Waals surface area contributed by atoms with Gasteiger partial charge in [0, 0.05) is 23.7 Å². The summed E-state index contributed by atoms with van der Waals surface area (Å²) in [4.78, 5) is 25.2. The fraction of sp³-hybridized carbons (Fsp3) is 0.421. The molecule has 7 heteroatoms. The average molecular weight is 357 g/mol. The molecule has 1 aromatic carbocycles. The van der Waals surface area contributed by atoms with Crippen molar-refractivity contribution in [3.05, 3.63) is 63.6 Å². The van der Waals surface area contributed by atoms with Gasteiger partial charge in [-0.15, -0.1) is 0 Å². The first-order valence-corrected chi connectivity index (χ1v) is 8.81. The van der Waals surface area contributed by atoms with Gasteiger partial charge in [0.15, 0.2) is 0 Å². The summed E-state index contributed by atoms with van der Waals surface area (Å²) in [5, 5.41) is 13.9. The number of nitrogens with zero attached hydrogens (tertiary/aromatic N) is 2. The predicted octanol–water partition coefficient (Wildman–Crippen LogP) is 3.14. The Kier molecular flexibility index (Phi) is 5.68. The van der Waals surface area contributed by atoms with Gasteiger partial charge < -0.3 is 9.73 Å². The number of piperidine rings is 1. The molecule has 1 aliphatic heterocycles. The molecule has 0 atom stereocenters. The molecule has 1 aliphatic rings. The molecule has 0 aliphatic carbocycles. The van der Waals surface area contributed by atoms with E-state index in [1.807, 2.05) is 12.1 Å². The van der Waals surface area contributed by atoms with E-state index in [0.29, 0.717) is 23.6 Å². The van der Waals surface area contributed by atoms with Crippen LogP contribution in [0.4, 0.5) is 5.69 Å². The number of nitro benzene ring substituents is 1. The number of nitro groups is 1. The van der Waals surface area contributed by atoms with Crippen LogP contribution in [0.3, 0.4) is 0 Å². The number of amides is 1. The largest absolute Gasteiger partial charge is 0.468 e. The zero-order chi connectivity index (χ0) is 18.5. The van der Waals surface area contributed by atoms with E-state index in [-0.39, 0.29) is 11.6 Å². The van der Waals surface area contributed by atoms with Crippen LogP contribution in [0.25, 0.3) is 0 Å². The summed E-state index contributed by atoms with van der Waals surface area (Å²) < 4.78 is 5.38. The third-order valence-corrected chi connectivity index (χ3v) is 4.89. The smallest absolute Gasteiger partial charge is 0.273 e. The maximum Gasteiger partial charge on any atom is 0.273 e. The van der Waals surface area contributed by atoms with Gasteiger partial charge in [-0.3, -0.25) is 19.8 Å². The van der Waals surface area contributed by atoms with E-state index in [2.05, 4.69) is 10.2 Å². The summed E-state index contributed by atoms with van der Waals surface area (Å²) in [7, 11) is 0. The van der Waals surface area contributed by atoms with Gasteiger partial charge >= 0.3 is 0 Å². The Morgan fingerprint density at radius 3 is 2.77 bits per heavy atom. The second-order valence-corrected chi connectivity index (χ2v) is 6.77. The number of benzene rings is 1. The van der Waals surface area contributed by atoms with Crippen LogP contribution in [-0.4, -0.2) is 35.4 Å². The second kappa shape index (κ2) is 8.14. The van der Waals surface area contributed by atoms with Gasteiger partial charge in [0.05, 0.1) is 17.7 Å². The van der Waals surface area contributed by atoms with Crippen molar-refractivity contribution < 1.29 is 14.1 Å². The minimum atomic E-state index is -0.457. The standard InChI is InChI=1S/C19H23N3O4/c1-14-4-5-16(11-18(14)22(24)25)19(23)20-12-15-6-8-21(9-7-15)13-17-3-2-10-26-17/h2-5,10-11,15H,6-9,12-13H2,1H3,(H,20,23). The Hall–Kier alpha value is -2.67. The highest BCUT2D eigenvalue weighted by Gasteiger charge is 2.21. The Balaban J connectivity index is 1.47. The molecule has 0 bridgehead atoms. The Morgan fingerprint density at radius 1 is 1.35 bits per heavy atom. The van der Waals surface area contributed by atoms with Crippen LogP contribution in [0, 0.1) is 23.0 Å². The highest BCUT2D eigenvalue weighted by Crippen LogP contribution is 2.21. The molecule has 0 saturated carbocycles. The Bertz CT molecular complexity index is 765. The summed E-state index contributed by atoms with van der Waals surface area (Å²) >= 11 is 0. The summed E-state index contributed by atoms with van der Waals surface area (Å²) in [6.07, 6.45) is 3.71. The first-order chi connectivity index (χ1) is 12.5. The van der Waals surface area contributed by atoms with Crippen molar-refractivity contribution in [3.63, 3.8) is 0 Å². The average Bonchev–Trinajstić information content (AvgIpc) is 3.14. The van der Waals surface area contributed by atoms with Crippen molar-refractivity contribution in [1.29, 1.82) is 0 Å². The van der Waals surface area contributed by atoms with Crippen molar-refractivity contribution in [1.82, 2.24) is 10.2 Å². The topological polar surface area (TPSA) is 88.6 Å². The molecule has 26 heavy (non-hydrogen) atoms. The van der Waals surface area contributed by atoms with Crippen molar-refractivity contribution in [2.24, 2.45) is 5.92 Å². The van der Waals surface area contributed by atoms with Crippen LogP contribution < -0.4 is 5.32 Å². The molecule has 1 N–H and O–H groups in total. The number of furan rings is 1. The summed E-state index contributed by atoms with van der Waals surface area (Å²) in [6.45, 7) is 5.01. The van der Waals surface area contributed by atoms with Crippen LogP contribution in [0.2, 0.25) is 0 Å². The van der Waals surface area contributed by atoms with E-state index >= 15 is 0 Å². The molecule has 1 fully saturated rings. The zero-order valence-electron chi connectivity index (χ0n) is 14.8. The van der Waals surface area contributed by atoms with Gasteiger partial charge in [0.1, 0.15) is 5.76 Å². The number of nitrogens with one attached hydrogen (secondary N) is 1. The monoisotopic (exact) mass is 357 g/mol.